The average molecular weight is 561 g/mol. The summed E-state index contributed by atoms with van der Waals surface area (Å²) in [6.45, 7) is -0.0346. The molecule has 0 aliphatic carbocycles. The molecule has 1 fully saturated rings. The topological polar surface area (TPSA) is 150 Å². The van der Waals surface area contributed by atoms with Crippen molar-refractivity contribution in [3.63, 3.8) is 0 Å². The SMILES string of the molecule is O=C([O-])c1csc(NC(=O)[C@H](Cc2ccccc2C(F)(F)F)N2C(=O)NC(c3ccc4c(c3)OCO4)C2=O)n1. The molecule has 11 nitrogen and oxygen atoms in total. The van der Waals surface area contributed by atoms with E-state index < -0.39 is 59.8 Å². The maximum atomic E-state index is 13.7. The number of carbonyl (C=O) groups is 4. The summed E-state index contributed by atoms with van der Waals surface area (Å²) >= 11 is 0.717. The van der Waals surface area contributed by atoms with E-state index in [1.165, 1.54) is 30.3 Å². The molecule has 0 spiro atoms. The van der Waals surface area contributed by atoms with E-state index in [4.69, 9.17) is 9.47 Å². The number of nitrogens with one attached hydrogen (secondary N) is 2. The predicted octanol–water partition coefficient (Wildman–Crippen LogP) is 2.10. The average Bonchev–Trinajstić information content (AvgIpc) is 3.61. The van der Waals surface area contributed by atoms with Crippen LogP contribution in [0.2, 0.25) is 0 Å². The minimum absolute atomic E-state index is 0.0346. The van der Waals surface area contributed by atoms with Crippen molar-refractivity contribution in [1.29, 1.82) is 0 Å². The lowest BCUT2D eigenvalue weighted by Gasteiger charge is -2.25. The van der Waals surface area contributed by atoms with Crippen molar-refractivity contribution in [1.82, 2.24) is 15.2 Å². The Balaban J connectivity index is 1.49. The third kappa shape index (κ3) is 5.07. The number of ether oxygens (including phenoxy) is 2. The van der Waals surface area contributed by atoms with Crippen LogP contribution in [0.4, 0.5) is 23.1 Å². The summed E-state index contributed by atoms with van der Waals surface area (Å²) in [6.07, 6.45) is -5.46. The number of aromatic nitrogens is 1. The number of carboxylic acids is 1. The summed E-state index contributed by atoms with van der Waals surface area (Å²) in [5.74, 6) is -2.80. The molecular formula is C24H16F3N4O7S-. The Hall–Kier alpha value is -4.66. The summed E-state index contributed by atoms with van der Waals surface area (Å²) in [5, 5.41) is 16.6. The Morgan fingerprint density at radius 3 is 2.64 bits per heavy atom. The van der Waals surface area contributed by atoms with Gasteiger partial charge in [0.15, 0.2) is 16.6 Å². The number of rotatable bonds is 7. The van der Waals surface area contributed by atoms with Crippen molar-refractivity contribution < 1.29 is 46.9 Å². The Morgan fingerprint density at radius 2 is 1.92 bits per heavy atom. The van der Waals surface area contributed by atoms with E-state index in [1.807, 2.05) is 0 Å². The molecule has 5 rings (SSSR count). The van der Waals surface area contributed by atoms with E-state index >= 15 is 0 Å². The molecule has 202 valence electrons. The molecule has 1 saturated heterocycles. The lowest BCUT2D eigenvalue weighted by molar-refractivity contribution is -0.255. The van der Waals surface area contributed by atoms with Crippen molar-refractivity contribution >= 4 is 40.3 Å². The number of hydrogen-bond donors (Lipinski definition) is 2. The quantitative estimate of drug-likeness (QED) is 0.417. The van der Waals surface area contributed by atoms with Crippen LogP contribution in [0.5, 0.6) is 11.5 Å². The van der Waals surface area contributed by atoms with Gasteiger partial charge in [-0.25, -0.2) is 14.7 Å². The van der Waals surface area contributed by atoms with Crippen LogP contribution < -0.4 is 25.2 Å². The van der Waals surface area contributed by atoms with Crippen LogP contribution in [0.3, 0.4) is 0 Å². The van der Waals surface area contributed by atoms with Gasteiger partial charge in [-0.15, -0.1) is 11.3 Å². The molecule has 2 aliphatic rings. The second-order valence-electron chi connectivity index (χ2n) is 8.39. The molecule has 1 unspecified atom stereocenters. The number of halogens is 3. The number of imide groups is 1. The highest BCUT2D eigenvalue weighted by Gasteiger charge is 2.46. The molecule has 0 saturated carbocycles. The van der Waals surface area contributed by atoms with Gasteiger partial charge in [-0.1, -0.05) is 24.3 Å². The third-order valence-electron chi connectivity index (χ3n) is 5.99. The number of hydrogen-bond acceptors (Lipinski definition) is 9. The standard InChI is InChI=1S/C24H17F3N4O7S/c25-24(26,27)13-4-2-1-3-11(13)7-15(19(32)30-22-28-14(9-39-22)21(34)35)31-20(33)18(29-23(31)36)12-5-6-16-17(8-12)38-10-37-16/h1-6,8-9,15,18H,7,10H2,(H,29,36)(H,34,35)(H,28,30,32)/p-1/t15-,18?/m0/s1. The molecule has 3 aromatic rings. The lowest BCUT2D eigenvalue weighted by Crippen LogP contribution is -2.49. The fraction of sp³-hybridized carbons (Fsp3) is 0.208. The van der Waals surface area contributed by atoms with Gasteiger partial charge in [-0.2, -0.15) is 13.2 Å². The molecule has 2 aromatic carbocycles. The molecule has 15 heteroatoms. The van der Waals surface area contributed by atoms with Crippen molar-refractivity contribution in [2.45, 2.75) is 24.7 Å². The van der Waals surface area contributed by atoms with E-state index in [0.29, 0.717) is 33.3 Å². The highest BCUT2D eigenvalue weighted by molar-refractivity contribution is 7.14. The third-order valence-corrected chi connectivity index (χ3v) is 6.75. The van der Waals surface area contributed by atoms with Gasteiger partial charge in [-0.3, -0.25) is 9.59 Å². The van der Waals surface area contributed by atoms with Crippen LogP contribution in [0.1, 0.15) is 33.2 Å². The molecule has 3 heterocycles. The van der Waals surface area contributed by atoms with Crippen LogP contribution in [0.25, 0.3) is 0 Å². The van der Waals surface area contributed by atoms with Crippen LogP contribution in [0, 0.1) is 0 Å². The fourth-order valence-electron chi connectivity index (χ4n) is 4.21. The Labute approximate surface area is 221 Å². The molecule has 0 radical (unpaired) electrons. The summed E-state index contributed by atoms with van der Waals surface area (Å²) in [7, 11) is 0. The first-order chi connectivity index (χ1) is 18.5. The van der Waals surface area contributed by atoms with Crippen LogP contribution in [0.15, 0.2) is 47.8 Å². The monoisotopic (exact) mass is 561 g/mol. The highest BCUT2D eigenvalue weighted by Crippen LogP contribution is 2.37. The Bertz CT molecular complexity index is 1490. The number of benzene rings is 2. The van der Waals surface area contributed by atoms with E-state index in [2.05, 4.69) is 15.6 Å². The number of fused-ring (bicyclic) bond motifs is 1. The summed E-state index contributed by atoms with van der Waals surface area (Å²) in [4.78, 5) is 55.0. The zero-order chi connectivity index (χ0) is 27.9. The van der Waals surface area contributed by atoms with Gasteiger partial charge in [0.2, 0.25) is 12.7 Å². The van der Waals surface area contributed by atoms with Gasteiger partial charge in [0.05, 0.1) is 17.2 Å². The van der Waals surface area contributed by atoms with Crippen molar-refractivity contribution in [2.75, 3.05) is 12.1 Å². The van der Waals surface area contributed by atoms with E-state index in [9.17, 15) is 37.5 Å². The molecule has 2 aliphatic heterocycles. The van der Waals surface area contributed by atoms with Gasteiger partial charge in [0, 0.05) is 11.8 Å². The maximum absolute atomic E-state index is 13.7. The molecule has 2 N–H and O–H groups in total. The summed E-state index contributed by atoms with van der Waals surface area (Å²) in [6, 6.07) is 4.93. The van der Waals surface area contributed by atoms with E-state index in [-0.39, 0.29) is 17.5 Å². The summed E-state index contributed by atoms with van der Waals surface area (Å²) < 4.78 is 51.6. The number of nitrogens with zero attached hydrogens (tertiary/aromatic N) is 2. The van der Waals surface area contributed by atoms with Gasteiger partial charge in [0.25, 0.3) is 5.91 Å². The smallest absolute Gasteiger partial charge is 0.416 e. The normalized spacial score (nSPS) is 17.2. The molecule has 0 bridgehead atoms. The van der Waals surface area contributed by atoms with Crippen LogP contribution >= 0.6 is 11.3 Å². The fourth-order valence-corrected chi connectivity index (χ4v) is 4.89. The second kappa shape index (κ2) is 9.90. The van der Waals surface area contributed by atoms with Gasteiger partial charge >= 0.3 is 12.2 Å². The van der Waals surface area contributed by atoms with Gasteiger partial charge < -0.3 is 30.0 Å². The molecule has 1 aromatic heterocycles. The minimum atomic E-state index is -4.78. The Morgan fingerprint density at radius 1 is 1.18 bits per heavy atom. The maximum Gasteiger partial charge on any atom is 0.416 e. The number of carboxylic acid groups (broad SMARTS) is 1. The largest absolute Gasteiger partial charge is 0.543 e. The zero-order valence-corrected chi connectivity index (χ0v) is 20.3. The first-order valence-electron chi connectivity index (χ1n) is 11.2. The highest BCUT2D eigenvalue weighted by atomic mass is 32.1. The number of amides is 4. The number of carbonyl (C=O) groups excluding carboxylic acids is 4. The number of anilines is 1. The lowest BCUT2D eigenvalue weighted by atomic mass is 9.98. The first kappa shape index (κ1) is 26.0. The Kier molecular flexibility index (Phi) is 6.59. The van der Waals surface area contributed by atoms with Crippen LogP contribution in [-0.4, -0.2) is 46.5 Å². The van der Waals surface area contributed by atoms with Crippen molar-refractivity contribution in [3.8, 4) is 11.5 Å². The number of urea groups is 1. The van der Waals surface area contributed by atoms with Crippen molar-refractivity contribution in [2.24, 2.45) is 0 Å². The molecular weight excluding hydrogens is 545 g/mol. The van der Waals surface area contributed by atoms with Gasteiger partial charge in [-0.05, 0) is 29.3 Å². The van der Waals surface area contributed by atoms with E-state index in [1.54, 1.807) is 0 Å². The summed E-state index contributed by atoms with van der Waals surface area (Å²) in [5.41, 5.74) is -1.57. The molecule has 39 heavy (non-hydrogen) atoms. The second-order valence-corrected chi connectivity index (χ2v) is 9.25. The zero-order valence-electron chi connectivity index (χ0n) is 19.5. The van der Waals surface area contributed by atoms with E-state index in [0.717, 1.165) is 17.5 Å². The number of aromatic carboxylic acids is 1. The van der Waals surface area contributed by atoms with Crippen molar-refractivity contribution in [3.05, 3.63) is 70.2 Å². The molecule has 4 amide bonds. The number of alkyl halides is 3. The number of thiazole rings is 1. The molecule has 2 atom stereocenters. The van der Waals surface area contributed by atoms with Gasteiger partial charge in [0.1, 0.15) is 12.1 Å². The minimum Gasteiger partial charge on any atom is -0.543 e. The van der Waals surface area contributed by atoms with Crippen LogP contribution in [-0.2, 0) is 22.2 Å². The first-order valence-corrected chi connectivity index (χ1v) is 12.1. The predicted molar refractivity (Wildman–Crippen MR) is 125 cm³/mol.